The lowest BCUT2D eigenvalue weighted by atomic mass is 9.98. The zero-order chi connectivity index (χ0) is 22.9. The van der Waals surface area contributed by atoms with Gasteiger partial charge in [0.1, 0.15) is 11.4 Å². The van der Waals surface area contributed by atoms with E-state index in [0.29, 0.717) is 28.6 Å². The molecule has 1 atom stereocenters. The quantitative estimate of drug-likeness (QED) is 0.572. The molecule has 0 saturated carbocycles. The lowest BCUT2D eigenvalue weighted by Crippen LogP contribution is -2.38. The van der Waals surface area contributed by atoms with Crippen LogP contribution in [0.15, 0.2) is 51.7 Å². The summed E-state index contributed by atoms with van der Waals surface area (Å²) in [7, 11) is 0. The van der Waals surface area contributed by atoms with Gasteiger partial charge in [0.2, 0.25) is 5.76 Å². The van der Waals surface area contributed by atoms with E-state index < -0.39 is 6.04 Å². The smallest absolute Gasteiger partial charge is 0.290 e. The number of fused-ring (bicyclic) bond motifs is 2. The molecule has 3 heterocycles. The van der Waals surface area contributed by atoms with Crippen molar-refractivity contribution in [1.29, 1.82) is 0 Å². The highest BCUT2D eigenvalue weighted by molar-refractivity contribution is 5.99. The lowest BCUT2D eigenvalue weighted by molar-refractivity contribution is 0.0353. The van der Waals surface area contributed by atoms with Crippen LogP contribution < -0.4 is 5.43 Å². The Bertz CT molecular complexity index is 1230. The number of aryl methyl sites for hydroxylation is 1. The second-order valence-electron chi connectivity index (χ2n) is 8.62. The van der Waals surface area contributed by atoms with Gasteiger partial charge in [0.25, 0.3) is 5.91 Å². The Labute approximate surface area is 191 Å². The molecule has 5 rings (SSSR count). The maximum absolute atomic E-state index is 13.6. The van der Waals surface area contributed by atoms with Gasteiger partial charge >= 0.3 is 0 Å². The number of hydrogen-bond acceptors (Lipinski definition) is 5. The number of carbonyl (C=O) groups excluding carboxylic acids is 1. The number of rotatable bonds is 6. The van der Waals surface area contributed by atoms with Crippen LogP contribution in [0.25, 0.3) is 11.0 Å². The zero-order valence-electron chi connectivity index (χ0n) is 18.7. The monoisotopic (exact) mass is 450 g/mol. The van der Waals surface area contributed by atoms with E-state index in [0.717, 1.165) is 51.3 Å². The van der Waals surface area contributed by atoms with Gasteiger partial charge in [-0.15, -0.1) is 0 Å². The van der Waals surface area contributed by atoms with Crippen LogP contribution in [0, 0.1) is 5.82 Å². The molecule has 0 bridgehead atoms. The van der Waals surface area contributed by atoms with Crippen LogP contribution in [0.5, 0.6) is 0 Å². The number of halogens is 1. The average molecular weight is 451 g/mol. The minimum absolute atomic E-state index is 0.0949. The summed E-state index contributed by atoms with van der Waals surface area (Å²) in [4.78, 5) is 31.1. The first-order valence-electron chi connectivity index (χ1n) is 11.5. The normalized spacial score (nSPS) is 18.8. The molecule has 33 heavy (non-hydrogen) atoms. The predicted octanol–water partition coefficient (Wildman–Crippen LogP) is 3.76. The largest absolute Gasteiger partial charge is 0.450 e. The Morgan fingerprint density at radius 1 is 1.03 bits per heavy atom. The van der Waals surface area contributed by atoms with Crippen molar-refractivity contribution in [2.24, 2.45) is 0 Å². The van der Waals surface area contributed by atoms with Gasteiger partial charge in [-0.3, -0.25) is 14.5 Å². The fourth-order valence-electron chi connectivity index (χ4n) is 4.80. The molecule has 1 saturated heterocycles. The van der Waals surface area contributed by atoms with E-state index in [1.165, 1.54) is 12.1 Å². The number of nitrogens with zero attached hydrogens (tertiary/aromatic N) is 2. The van der Waals surface area contributed by atoms with E-state index in [1.54, 1.807) is 23.1 Å². The number of ether oxygens (including phenoxy) is 1. The van der Waals surface area contributed by atoms with E-state index in [-0.39, 0.29) is 22.9 Å². The Balaban J connectivity index is 1.54. The highest BCUT2D eigenvalue weighted by atomic mass is 19.1. The standard InChI is InChI=1S/C26H27FN2O4/c1-2-17-4-9-21-20(16-17)24(30)22-23(18-5-7-19(27)8-6-18)29(26(31)25(22)33-21)11-3-10-28-12-14-32-15-13-28/h4-9,16,23H,2-3,10-15H2,1H3. The van der Waals surface area contributed by atoms with Crippen molar-refractivity contribution >= 4 is 16.9 Å². The van der Waals surface area contributed by atoms with Crippen LogP contribution in [-0.4, -0.2) is 55.1 Å². The molecule has 0 N–H and O–H groups in total. The number of morpholine rings is 1. The van der Waals surface area contributed by atoms with Gasteiger partial charge in [0.15, 0.2) is 5.43 Å². The topological polar surface area (TPSA) is 63.0 Å². The molecular weight excluding hydrogens is 423 g/mol. The maximum atomic E-state index is 13.6. The van der Waals surface area contributed by atoms with E-state index in [4.69, 9.17) is 9.15 Å². The summed E-state index contributed by atoms with van der Waals surface area (Å²) >= 11 is 0. The molecule has 3 aromatic rings. The fraction of sp³-hybridized carbons (Fsp3) is 0.385. The van der Waals surface area contributed by atoms with Gasteiger partial charge in [-0.05, 0) is 48.2 Å². The molecule has 1 amide bonds. The third kappa shape index (κ3) is 4.07. The third-order valence-corrected chi connectivity index (χ3v) is 6.60. The average Bonchev–Trinajstić information content (AvgIpc) is 3.12. The second-order valence-corrected chi connectivity index (χ2v) is 8.62. The van der Waals surface area contributed by atoms with Crippen LogP contribution in [0.4, 0.5) is 4.39 Å². The molecule has 1 aromatic heterocycles. The number of amides is 1. The highest BCUT2D eigenvalue weighted by Gasteiger charge is 2.42. The fourth-order valence-corrected chi connectivity index (χ4v) is 4.80. The van der Waals surface area contributed by atoms with E-state index in [9.17, 15) is 14.0 Å². The first-order valence-corrected chi connectivity index (χ1v) is 11.5. The van der Waals surface area contributed by atoms with Gasteiger partial charge in [-0.2, -0.15) is 0 Å². The van der Waals surface area contributed by atoms with Gasteiger partial charge in [0, 0.05) is 26.2 Å². The number of benzene rings is 2. The molecule has 0 radical (unpaired) electrons. The summed E-state index contributed by atoms with van der Waals surface area (Å²) in [5, 5.41) is 0.475. The second kappa shape index (κ2) is 9.08. The highest BCUT2D eigenvalue weighted by Crippen LogP contribution is 2.38. The van der Waals surface area contributed by atoms with Gasteiger partial charge < -0.3 is 14.1 Å². The summed E-state index contributed by atoms with van der Waals surface area (Å²) in [6.07, 6.45) is 1.55. The number of hydrogen-bond donors (Lipinski definition) is 0. The zero-order valence-corrected chi connectivity index (χ0v) is 18.7. The Morgan fingerprint density at radius 3 is 2.52 bits per heavy atom. The third-order valence-electron chi connectivity index (χ3n) is 6.60. The summed E-state index contributed by atoms with van der Waals surface area (Å²) in [6.45, 7) is 6.52. The minimum Gasteiger partial charge on any atom is -0.450 e. The van der Waals surface area contributed by atoms with Crippen molar-refractivity contribution in [3.63, 3.8) is 0 Å². The van der Waals surface area contributed by atoms with E-state index in [2.05, 4.69) is 4.90 Å². The number of carbonyl (C=O) groups is 1. The summed E-state index contributed by atoms with van der Waals surface area (Å²) < 4.78 is 25.1. The van der Waals surface area contributed by atoms with Crippen LogP contribution in [-0.2, 0) is 11.2 Å². The van der Waals surface area contributed by atoms with Crippen LogP contribution in [0.3, 0.4) is 0 Å². The van der Waals surface area contributed by atoms with Crippen molar-refractivity contribution in [2.45, 2.75) is 25.8 Å². The SMILES string of the molecule is CCc1ccc2oc3c(c(=O)c2c1)C(c1ccc(F)cc1)N(CCCN1CCOCC1)C3=O. The molecule has 7 heteroatoms. The van der Waals surface area contributed by atoms with Crippen molar-refractivity contribution in [3.05, 3.63) is 81.0 Å². The van der Waals surface area contributed by atoms with Crippen molar-refractivity contribution < 1.29 is 18.3 Å². The first-order chi connectivity index (χ1) is 16.1. The maximum Gasteiger partial charge on any atom is 0.290 e. The molecule has 2 aliphatic rings. The van der Waals surface area contributed by atoms with Crippen LogP contribution in [0.2, 0.25) is 0 Å². The Kier molecular flexibility index (Phi) is 6.00. The minimum atomic E-state index is -0.594. The Morgan fingerprint density at radius 2 is 1.79 bits per heavy atom. The van der Waals surface area contributed by atoms with Crippen LogP contribution in [0.1, 0.15) is 46.6 Å². The van der Waals surface area contributed by atoms with Gasteiger partial charge in [-0.25, -0.2) is 4.39 Å². The molecule has 2 aromatic carbocycles. The summed E-state index contributed by atoms with van der Waals surface area (Å²) in [6, 6.07) is 10.9. The molecular formula is C26H27FN2O4. The molecule has 172 valence electrons. The van der Waals surface area contributed by atoms with Crippen molar-refractivity contribution in [2.75, 3.05) is 39.4 Å². The predicted molar refractivity (Wildman–Crippen MR) is 123 cm³/mol. The molecule has 1 unspecified atom stereocenters. The van der Waals surface area contributed by atoms with Gasteiger partial charge in [0.05, 0.1) is 30.2 Å². The molecule has 2 aliphatic heterocycles. The molecule has 6 nitrogen and oxygen atoms in total. The Hall–Kier alpha value is -3.03. The van der Waals surface area contributed by atoms with Crippen LogP contribution >= 0.6 is 0 Å². The molecule has 0 spiro atoms. The summed E-state index contributed by atoms with van der Waals surface area (Å²) in [5.74, 6) is -0.558. The summed E-state index contributed by atoms with van der Waals surface area (Å²) in [5.41, 5.74) is 2.30. The molecule has 1 fully saturated rings. The molecule has 0 aliphatic carbocycles. The van der Waals surface area contributed by atoms with Crippen molar-refractivity contribution in [3.8, 4) is 0 Å². The lowest BCUT2D eigenvalue weighted by Gasteiger charge is -2.29. The first kappa shape index (κ1) is 21.8. The van der Waals surface area contributed by atoms with Crippen molar-refractivity contribution in [1.82, 2.24) is 9.80 Å². The van der Waals surface area contributed by atoms with E-state index >= 15 is 0 Å². The van der Waals surface area contributed by atoms with E-state index in [1.807, 2.05) is 19.1 Å². The van der Waals surface area contributed by atoms with Gasteiger partial charge in [-0.1, -0.05) is 25.1 Å².